The van der Waals surface area contributed by atoms with Gasteiger partial charge in [-0.2, -0.15) is 0 Å². The van der Waals surface area contributed by atoms with Gasteiger partial charge in [-0.15, -0.1) is 23.5 Å². The van der Waals surface area contributed by atoms with E-state index >= 15 is 0 Å². The molecule has 0 unspecified atom stereocenters. The van der Waals surface area contributed by atoms with Crippen LogP contribution >= 0.6 is 23.5 Å². The SMILES string of the molecule is CC(C)NC(=O)CSc1ccccc1C(=O)NCCSc1ccccc1. The van der Waals surface area contributed by atoms with E-state index in [0.717, 1.165) is 10.6 Å². The van der Waals surface area contributed by atoms with Gasteiger partial charge in [0.2, 0.25) is 5.91 Å². The molecule has 138 valence electrons. The summed E-state index contributed by atoms with van der Waals surface area (Å²) in [6.45, 7) is 4.44. The minimum Gasteiger partial charge on any atom is -0.353 e. The van der Waals surface area contributed by atoms with E-state index in [1.165, 1.54) is 16.7 Å². The summed E-state index contributed by atoms with van der Waals surface area (Å²) in [5.41, 5.74) is 0.611. The lowest BCUT2D eigenvalue weighted by Crippen LogP contribution is -2.31. The van der Waals surface area contributed by atoms with Gasteiger partial charge in [0.1, 0.15) is 0 Å². The number of thioether (sulfide) groups is 2. The Balaban J connectivity index is 1.83. The minimum absolute atomic E-state index is 0.0283. The number of carbonyl (C=O) groups excluding carboxylic acids is 2. The highest BCUT2D eigenvalue weighted by Gasteiger charge is 2.12. The number of amides is 2. The lowest BCUT2D eigenvalue weighted by atomic mass is 10.2. The van der Waals surface area contributed by atoms with E-state index in [2.05, 4.69) is 22.8 Å². The smallest absolute Gasteiger partial charge is 0.252 e. The predicted molar refractivity (Wildman–Crippen MR) is 110 cm³/mol. The summed E-state index contributed by atoms with van der Waals surface area (Å²) < 4.78 is 0. The van der Waals surface area contributed by atoms with Gasteiger partial charge < -0.3 is 10.6 Å². The van der Waals surface area contributed by atoms with Crippen molar-refractivity contribution in [3.8, 4) is 0 Å². The van der Waals surface area contributed by atoms with Crippen LogP contribution in [0.2, 0.25) is 0 Å². The second kappa shape index (κ2) is 10.9. The van der Waals surface area contributed by atoms with E-state index < -0.39 is 0 Å². The maximum Gasteiger partial charge on any atom is 0.252 e. The van der Waals surface area contributed by atoms with Crippen molar-refractivity contribution in [2.45, 2.75) is 29.7 Å². The van der Waals surface area contributed by atoms with Crippen LogP contribution in [-0.4, -0.2) is 35.9 Å². The Hall–Kier alpha value is -1.92. The molecule has 0 atom stereocenters. The molecule has 4 nitrogen and oxygen atoms in total. The first-order valence-corrected chi connectivity index (χ1v) is 10.5. The van der Waals surface area contributed by atoms with Crippen LogP contribution in [0.15, 0.2) is 64.4 Å². The van der Waals surface area contributed by atoms with Crippen molar-refractivity contribution in [1.82, 2.24) is 10.6 Å². The maximum absolute atomic E-state index is 12.5. The summed E-state index contributed by atoms with van der Waals surface area (Å²) >= 11 is 3.09. The van der Waals surface area contributed by atoms with Gasteiger partial charge >= 0.3 is 0 Å². The summed E-state index contributed by atoms with van der Waals surface area (Å²) in [5.74, 6) is 0.972. The lowest BCUT2D eigenvalue weighted by Gasteiger charge is -2.11. The Morgan fingerprint density at radius 3 is 2.38 bits per heavy atom. The molecule has 0 radical (unpaired) electrons. The number of rotatable bonds is 9. The van der Waals surface area contributed by atoms with Crippen LogP contribution in [0.5, 0.6) is 0 Å². The van der Waals surface area contributed by atoms with Crippen molar-refractivity contribution in [3.05, 3.63) is 60.2 Å². The molecule has 2 N–H and O–H groups in total. The van der Waals surface area contributed by atoms with Crippen LogP contribution in [0, 0.1) is 0 Å². The van der Waals surface area contributed by atoms with Gasteiger partial charge in [-0.25, -0.2) is 0 Å². The Morgan fingerprint density at radius 2 is 1.65 bits per heavy atom. The monoisotopic (exact) mass is 388 g/mol. The van der Waals surface area contributed by atoms with Gasteiger partial charge in [0.15, 0.2) is 0 Å². The maximum atomic E-state index is 12.5. The summed E-state index contributed by atoms with van der Waals surface area (Å²) in [6, 6.07) is 17.6. The van der Waals surface area contributed by atoms with Gasteiger partial charge in [0.25, 0.3) is 5.91 Å². The van der Waals surface area contributed by atoms with Gasteiger partial charge in [-0.1, -0.05) is 30.3 Å². The molecule has 0 aliphatic heterocycles. The lowest BCUT2D eigenvalue weighted by molar-refractivity contribution is -0.119. The third-order valence-corrected chi connectivity index (χ3v) is 5.43. The van der Waals surface area contributed by atoms with Crippen LogP contribution in [0.4, 0.5) is 0 Å². The highest BCUT2D eigenvalue weighted by atomic mass is 32.2. The standard InChI is InChI=1S/C20H24N2O2S2/c1-15(2)22-19(23)14-26-18-11-7-6-10-17(18)20(24)21-12-13-25-16-8-4-3-5-9-16/h3-11,15H,12-14H2,1-2H3,(H,21,24)(H,22,23). The van der Waals surface area contributed by atoms with Crippen molar-refractivity contribution in [1.29, 1.82) is 0 Å². The molecule has 0 saturated heterocycles. The second-order valence-electron chi connectivity index (χ2n) is 5.92. The average molecular weight is 389 g/mol. The highest BCUT2D eigenvalue weighted by Crippen LogP contribution is 2.22. The van der Waals surface area contributed by atoms with Crippen molar-refractivity contribution in [2.24, 2.45) is 0 Å². The van der Waals surface area contributed by atoms with E-state index in [9.17, 15) is 9.59 Å². The van der Waals surface area contributed by atoms with Gasteiger partial charge in [-0.3, -0.25) is 9.59 Å². The Labute approximate surface area is 163 Å². The van der Waals surface area contributed by atoms with Crippen LogP contribution < -0.4 is 10.6 Å². The zero-order valence-electron chi connectivity index (χ0n) is 15.0. The van der Waals surface area contributed by atoms with E-state index in [0.29, 0.717) is 17.9 Å². The molecule has 6 heteroatoms. The van der Waals surface area contributed by atoms with Crippen LogP contribution in [0.3, 0.4) is 0 Å². The molecule has 0 spiro atoms. The second-order valence-corrected chi connectivity index (χ2v) is 8.11. The molecule has 0 aliphatic carbocycles. The zero-order chi connectivity index (χ0) is 18.8. The summed E-state index contributed by atoms with van der Waals surface area (Å²) in [5, 5.41) is 5.81. The Morgan fingerprint density at radius 1 is 0.962 bits per heavy atom. The fraction of sp³-hybridized carbons (Fsp3) is 0.300. The number of carbonyl (C=O) groups is 2. The van der Waals surface area contributed by atoms with E-state index in [1.54, 1.807) is 17.8 Å². The fourth-order valence-corrected chi connectivity index (χ4v) is 3.88. The molecule has 0 fully saturated rings. The molecule has 0 aromatic heterocycles. The fourth-order valence-electron chi connectivity index (χ4n) is 2.23. The van der Waals surface area contributed by atoms with Crippen molar-refractivity contribution in [2.75, 3.05) is 18.1 Å². The predicted octanol–water partition coefficient (Wildman–Crippen LogP) is 3.83. The van der Waals surface area contributed by atoms with Gasteiger partial charge in [0.05, 0.1) is 11.3 Å². The Bertz CT molecular complexity index is 721. The number of hydrogen-bond acceptors (Lipinski definition) is 4. The van der Waals surface area contributed by atoms with E-state index in [4.69, 9.17) is 0 Å². The first-order valence-electron chi connectivity index (χ1n) is 8.53. The van der Waals surface area contributed by atoms with Crippen molar-refractivity contribution in [3.63, 3.8) is 0 Å². The number of hydrogen-bond donors (Lipinski definition) is 2. The molecule has 2 aromatic rings. The highest BCUT2D eigenvalue weighted by molar-refractivity contribution is 8.00. The van der Waals surface area contributed by atoms with Crippen molar-refractivity contribution < 1.29 is 9.59 Å². The summed E-state index contributed by atoms with van der Waals surface area (Å²) in [7, 11) is 0. The first-order chi connectivity index (χ1) is 12.6. The molecule has 0 saturated carbocycles. The van der Waals surface area contributed by atoms with E-state index in [1.807, 2.05) is 50.2 Å². The first kappa shape index (κ1) is 20.4. The van der Waals surface area contributed by atoms with Crippen molar-refractivity contribution >= 4 is 35.3 Å². The summed E-state index contributed by atoms with van der Waals surface area (Å²) in [6.07, 6.45) is 0. The topological polar surface area (TPSA) is 58.2 Å². The Kier molecular flexibility index (Phi) is 8.58. The molecular weight excluding hydrogens is 364 g/mol. The largest absolute Gasteiger partial charge is 0.353 e. The number of benzene rings is 2. The van der Waals surface area contributed by atoms with Gasteiger partial charge in [-0.05, 0) is 38.1 Å². The molecule has 0 heterocycles. The normalized spacial score (nSPS) is 10.6. The average Bonchev–Trinajstić information content (AvgIpc) is 2.64. The van der Waals surface area contributed by atoms with Gasteiger partial charge in [0, 0.05) is 28.1 Å². The van der Waals surface area contributed by atoms with Crippen LogP contribution in [-0.2, 0) is 4.79 Å². The third-order valence-electron chi connectivity index (χ3n) is 3.34. The molecule has 0 aliphatic rings. The third kappa shape index (κ3) is 7.14. The van der Waals surface area contributed by atoms with Crippen LogP contribution in [0.25, 0.3) is 0 Å². The quantitative estimate of drug-likeness (QED) is 0.506. The molecule has 0 bridgehead atoms. The molecule has 2 rings (SSSR count). The molecule has 2 aromatic carbocycles. The summed E-state index contributed by atoms with van der Waals surface area (Å²) in [4.78, 5) is 26.3. The number of nitrogens with one attached hydrogen (secondary N) is 2. The molecule has 26 heavy (non-hydrogen) atoms. The molecule has 2 amide bonds. The zero-order valence-corrected chi connectivity index (χ0v) is 16.7. The van der Waals surface area contributed by atoms with Crippen LogP contribution in [0.1, 0.15) is 24.2 Å². The minimum atomic E-state index is -0.106. The van der Waals surface area contributed by atoms with E-state index in [-0.39, 0.29) is 17.9 Å². The molecular formula is C20H24N2O2S2.